The lowest BCUT2D eigenvalue weighted by molar-refractivity contribution is 0.322. The van der Waals surface area contributed by atoms with Gasteiger partial charge in [-0.05, 0) is 44.0 Å². The molecule has 0 amide bonds. The Kier molecular flexibility index (Phi) is 8.58. The Morgan fingerprint density at radius 3 is 2.39 bits per heavy atom. The predicted octanol–water partition coefficient (Wildman–Crippen LogP) is 4.35. The van der Waals surface area contributed by atoms with E-state index < -0.39 is 20.1 Å². The van der Waals surface area contributed by atoms with Crippen LogP contribution < -0.4 is 4.72 Å². The van der Waals surface area contributed by atoms with Crippen molar-refractivity contribution in [2.75, 3.05) is 13.2 Å². The first kappa shape index (κ1) is 25.3. The van der Waals surface area contributed by atoms with Crippen LogP contribution in [0.1, 0.15) is 43.9 Å². The van der Waals surface area contributed by atoms with Gasteiger partial charge in [-0.2, -0.15) is 8.42 Å². The molecule has 0 bridgehead atoms. The number of nitrogens with zero attached hydrogens (tertiary/aromatic N) is 1. The molecular weight excluding hydrogens is 460 g/mol. The fraction of sp³-hybridized carbons (Fsp3) is 0.375. The summed E-state index contributed by atoms with van der Waals surface area (Å²) in [6, 6.07) is 13.1. The molecule has 0 aliphatic rings. The fourth-order valence-corrected chi connectivity index (χ4v) is 5.71. The molecule has 0 spiro atoms. The van der Waals surface area contributed by atoms with Crippen molar-refractivity contribution in [2.45, 2.75) is 55.7 Å². The van der Waals surface area contributed by atoms with Gasteiger partial charge in [0.25, 0.3) is 10.1 Å². The van der Waals surface area contributed by atoms with Gasteiger partial charge in [0.1, 0.15) is 0 Å². The van der Waals surface area contributed by atoms with Crippen LogP contribution in [0, 0.1) is 6.92 Å². The second-order valence-electron chi connectivity index (χ2n) is 7.91. The molecule has 33 heavy (non-hydrogen) atoms. The highest BCUT2D eigenvalue weighted by atomic mass is 32.2. The molecule has 0 aliphatic heterocycles. The van der Waals surface area contributed by atoms with Gasteiger partial charge >= 0.3 is 0 Å². The first-order valence-corrected chi connectivity index (χ1v) is 14.0. The standard InChI is InChI=1S/C24H30N2O5S2/c1-3-4-5-6-9-23-21-8-7-10-24(22(21)15-16-25-23)32(27,28)26-17-18-31-33(29,30)20-13-11-19(2)12-14-20/h7-8,10-16,26H,3-6,9,17-18H2,1-2H3. The summed E-state index contributed by atoms with van der Waals surface area (Å²) in [6.45, 7) is 3.51. The third-order valence-corrected chi connectivity index (χ3v) is 8.19. The molecule has 1 heterocycles. The zero-order valence-corrected chi connectivity index (χ0v) is 20.6. The largest absolute Gasteiger partial charge is 0.297 e. The number of benzene rings is 2. The van der Waals surface area contributed by atoms with Crippen LogP contribution >= 0.6 is 0 Å². The number of hydrogen-bond donors (Lipinski definition) is 1. The second-order valence-corrected chi connectivity index (χ2v) is 11.3. The Hall–Kier alpha value is -2.33. The molecule has 1 aromatic heterocycles. The maximum atomic E-state index is 13.0. The summed E-state index contributed by atoms with van der Waals surface area (Å²) >= 11 is 0. The van der Waals surface area contributed by atoms with Crippen molar-refractivity contribution in [1.29, 1.82) is 0 Å². The molecule has 0 saturated heterocycles. The molecular formula is C24H30N2O5S2. The molecule has 0 unspecified atom stereocenters. The quantitative estimate of drug-likeness (QED) is 0.299. The van der Waals surface area contributed by atoms with Crippen LogP contribution in [0.3, 0.4) is 0 Å². The molecule has 178 valence electrons. The molecule has 0 saturated carbocycles. The Morgan fingerprint density at radius 1 is 0.909 bits per heavy atom. The Balaban J connectivity index is 1.68. The molecule has 1 N–H and O–H groups in total. The van der Waals surface area contributed by atoms with E-state index in [4.69, 9.17) is 4.18 Å². The smallest absolute Gasteiger partial charge is 0.265 e. The van der Waals surface area contributed by atoms with E-state index >= 15 is 0 Å². The van der Waals surface area contributed by atoms with Gasteiger partial charge in [-0.3, -0.25) is 9.17 Å². The van der Waals surface area contributed by atoms with E-state index in [-0.39, 0.29) is 22.9 Å². The summed E-state index contributed by atoms with van der Waals surface area (Å²) in [5, 5.41) is 1.41. The van der Waals surface area contributed by atoms with E-state index in [1.807, 2.05) is 13.0 Å². The monoisotopic (exact) mass is 490 g/mol. The van der Waals surface area contributed by atoms with Gasteiger partial charge in [-0.1, -0.05) is 56.0 Å². The van der Waals surface area contributed by atoms with Gasteiger partial charge in [-0.25, -0.2) is 13.1 Å². The van der Waals surface area contributed by atoms with Crippen LogP contribution in [0.4, 0.5) is 0 Å². The number of fused-ring (bicyclic) bond motifs is 1. The molecule has 2 aromatic carbocycles. The second kappa shape index (κ2) is 11.2. The van der Waals surface area contributed by atoms with Crippen LogP contribution in [-0.4, -0.2) is 35.0 Å². The third-order valence-electron chi connectivity index (χ3n) is 5.35. The maximum absolute atomic E-state index is 13.0. The normalized spacial score (nSPS) is 12.3. The molecule has 9 heteroatoms. The SMILES string of the molecule is CCCCCCc1nccc2c(S(=O)(=O)NCCOS(=O)(=O)c3ccc(C)cc3)cccc12. The van der Waals surface area contributed by atoms with Gasteiger partial charge in [0.15, 0.2) is 0 Å². The van der Waals surface area contributed by atoms with Gasteiger partial charge in [0, 0.05) is 29.2 Å². The average Bonchev–Trinajstić information content (AvgIpc) is 2.79. The van der Waals surface area contributed by atoms with Crippen molar-refractivity contribution in [3.8, 4) is 0 Å². The van der Waals surface area contributed by atoms with Crippen LogP contribution in [-0.2, 0) is 30.7 Å². The van der Waals surface area contributed by atoms with E-state index in [1.165, 1.54) is 18.2 Å². The lowest BCUT2D eigenvalue weighted by Crippen LogP contribution is -2.28. The van der Waals surface area contributed by atoms with Crippen LogP contribution in [0.15, 0.2) is 64.5 Å². The number of unbranched alkanes of at least 4 members (excludes halogenated alkanes) is 3. The Labute approximate surface area is 196 Å². The van der Waals surface area contributed by atoms with Crippen molar-refractivity contribution in [1.82, 2.24) is 9.71 Å². The van der Waals surface area contributed by atoms with Gasteiger partial charge in [0.05, 0.1) is 16.4 Å². The molecule has 0 fully saturated rings. The van der Waals surface area contributed by atoms with Gasteiger partial charge in [-0.15, -0.1) is 0 Å². The number of nitrogens with one attached hydrogen (secondary N) is 1. The topological polar surface area (TPSA) is 102 Å². The predicted molar refractivity (Wildman–Crippen MR) is 129 cm³/mol. The molecule has 0 aliphatic carbocycles. The summed E-state index contributed by atoms with van der Waals surface area (Å²) in [5.41, 5.74) is 1.81. The van der Waals surface area contributed by atoms with Crippen molar-refractivity contribution < 1.29 is 21.0 Å². The van der Waals surface area contributed by atoms with Crippen molar-refractivity contribution in [3.05, 3.63) is 66.0 Å². The lowest BCUT2D eigenvalue weighted by atomic mass is 10.0. The summed E-state index contributed by atoms with van der Waals surface area (Å²) in [4.78, 5) is 4.63. The van der Waals surface area contributed by atoms with Crippen LogP contribution in [0.2, 0.25) is 0 Å². The first-order valence-electron chi connectivity index (χ1n) is 11.1. The number of aromatic nitrogens is 1. The number of rotatable bonds is 12. The zero-order valence-electron chi connectivity index (χ0n) is 19.0. The first-order chi connectivity index (χ1) is 15.7. The number of hydrogen-bond acceptors (Lipinski definition) is 6. The highest BCUT2D eigenvalue weighted by Crippen LogP contribution is 2.25. The highest BCUT2D eigenvalue weighted by Gasteiger charge is 2.19. The maximum Gasteiger partial charge on any atom is 0.297 e. The van der Waals surface area contributed by atoms with E-state index in [2.05, 4.69) is 16.6 Å². The Morgan fingerprint density at radius 2 is 1.67 bits per heavy atom. The molecule has 3 aromatic rings. The van der Waals surface area contributed by atoms with E-state index in [0.29, 0.717) is 5.39 Å². The van der Waals surface area contributed by atoms with Crippen LogP contribution in [0.5, 0.6) is 0 Å². The van der Waals surface area contributed by atoms with E-state index in [0.717, 1.165) is 48.7 Å². The lowest BCUT2D eigenvalue weighted by Gasteiger charge is -2.12. The molecule has 7 nitrogen and oxygen atoms in total. The summed E-state index contributed by atoms with van der Waals surface area (Å²) < 4.78 is 57.9. The summed E-state index contributed by atoms with van der Waals surface area (Å²) in [6.07, 6.45) is 6.84. The minimum atomic E-state index is -3.96. The summed E-state index contributed by atoms with van der Waals surface area (Å²) in [5.74, 6) is 0. The summed E-state index contributed by atoms with van der Waals surface area (Å²) in [7, 11) is -7.83. The zero-order chi connectivity index (χ0) is 23.9. The number of pyridine rings is 1. The van der Waals surface area contributed by atoms with Gasteiger partial charge in [0.2, 0.25) is 10.0 Å². The molecule has 0 radical (unpaired) electrons. The fourth-order valence-electron chi connectivity index (χ4n) is 3.57. The number of sulfonamides is 1. The van der Waals surface area contributed by atoms with E-state index in [1.54, 1.807) is 30.5 Å². The highest BCUT2D eigenvalue weighted by molar-refractivity contribution is 7.89. The van der Waals surface area contributed by atoms with Crippen LogP contribution in [0.25, 0.3) is 10.8 Å². The van der Waals surface area contributed by atoms with Gasteiger partial charge < -0.3 is 0 Å². The average molecular weight is 491 g/mol. The Bertz CT molecular complexity index is 1290. The van der Waals surface area contributed by atoms with Crippen molar-refractivity contribution >= 4 is 30.9 Å². The molecule has 0 atom stereocenters. The van der Waals surface area contributed by atoms with Crippen molar-refractivity contribution in [3.63, 3.8) is 0 Å². The number of aryl methyl sites for hydroxylation is 2. The molecule has 3 rings (SSSR count). The minimum Gasteiger partial charge on any atom is -0.265 e. The minimum absolute atomic E-state index is 0.0315. The third kappa shape index (κ3) is 6.60. The van der Waals surface area contributed by atoms with E-state index in [9.17, 15) is 16.8 Å². The van der Waals surface area contributed by atoms with Crippen molar-refractivity contribution in [2.24, 2.45) is 0 Å².